The molecule has 1 saturated carbocycles. The molecule has 1 aromatic carbocycles. The van der Waals surface area contributed by atoms with Crippen LogP contribution in [0, 0.1) is 0 Å². The van der Waals surface area contributed by atoms with Crippen molar-refractivity contribution in [3.63, 3.8) is 0 Å². The van der Waals surface area contributed by atoms with Crippen molar-refractivity contribution in [2.24, 2.45) is 0 Å². The molecule has 1 amide bonds. The maximum Gasteiger partial charge on any atom is 0.254 e. The highest BCUT2D eigenvalue weighted by Crippen LogP contribution is 2.23. The molecule has 2 unspecified atom stereocenters. The molecule has 1 heterocycles. The van der Waals surface area contributed by atoms with Gasteiger partial charge in [-0.3, -0.25) is 4.79 Å². The third-order valence-corrected chi connectivity index (χ3v) is 5.68. The first-order valence-electron chi connectivity index (χ1n) is 7.92. The van der Waals surface area contributed by atoms with Gasteiger partial charge < -0.3 is 9.64 Å². The van der Waals surface area contributed by atoms with E-state index < -0.39 is 10.0 Å². The van der Waals surface area contributed by atoms with Crippen LogP contribution in [0.5, 0.6) is 0 Å². The van der Waals surface area contributed by atoms with Crippen molar-refractivity contribution in [1.82, 2.24) is 9.62 Å². The van der Waals surface area contributed by atoms with Crippen molar-refractivity contribution in [2.75, 3.05) is 13.2 Å². The Morgan fingerprint density at radius 2 is 2.04 bits per heavy atom. The maximum atomic E-state index is 12.7. The summed E-state index contributed by atoms with van der Waals surface area (Å²) in [7, 11) is -3.55. The molecular weight excluding hydrogens is 316 g/mol. The molecule has 1 aromatic rings. The van der Waals surface area contributed by atoms with E-state index in [1.807, 2.05) is 13.8 Å². The van der Waals surface area contributed by atoms with Crippen LogP contribution in [-0.4, -0.2) is 50.6 Å². The number of rotatable bonds is 4. The van der Waals surface area contributed by atoms with E-state index in [1.165, 1.54) is 12.1 Å². The quantitative estimate of drug-likeness (QED) is 0.900. The molecule has 6 nitrogen and oxygen atoms in total. The largest absolute Gasteiger partial charge is 0.375 e. The van der Waals surface area contributed by atoms with Crippen LogP contribution in [0.25, 0.3) is 0 Å². The normalized spacial score (nSPS) is 25.4. The zero-order valence-corrected chi connectivity index (χ0v) is 14.2. The Morgan fingerprint density at radius 1 is 1.30 bits per heavy atom. The van der Waals surface area contributed by atoms with E-state index >= 15 is 0 Å². The van der Waals surface area contributed by atoms with Crippen LogP contribution in [0.3, 0.4) is 0 Å². The van der Waals surface area contributed by atoms with Gasteiger partial charge in [0.05, 0.1) is 23.6 Å². The predicted octanol–water partition coefficient (Wildman–Crippen LogP) is 1.38. The fraction of sp³-hybridized carbons (Fsp3) is 0.562. The molecule has 0 radical (unpaired) electrons. The molecule has 1 saturated heterocycles. The monoisotopic (exact) mass is 338 g/mol. The molecule has 126 valence electrons. The number of hydrogen-bond donors (Lipinski definition) is 1. The van der Waals surface area contributed by atoms with Crippen LogP contribution in [0.2, 0.25) is 0 Å². The van der Waals surface area contributed by atoms with Crippen molar-refractivity contribution < 1.29 is 17.9 Å². The number of morpholine rings is 1. The molecular formula is C16H22N2O4S. The standard InChI is InChI=1S/C16H22N2O4S/c1-11-10-22-12(2)9-18(11)16(19)13-4-3-5-15(8-13)23(20,21)17-14-6-7-14/h3-5,8,11-12,14,17H,6-7,9-10H2,1-2H3. The topological polar surface area (TPSA) is 75.7 Å². The van der Waals surface area contributed by atoms with E-state index in [9.17, 15) is 13.2 Å². The fourth-order valence-corrected chi connectivity index (χ4v) is 3.99. The number of carbonyl (C=O) groups is 1. The first-order valence-corrected chi connectivity index (χ1v) is 9.40. The highest BCUT2D eigenvalue weighted by atomic mass is 32.2. The van der Waals surface area contributed by atoms with Gasteiger partial charge in [-0.1, -0.05) is 6.07 Å². The van der Waals surface area contributed by atoms with Gasteiger partial charge >= 0.3 is 0 Å². The molecule has 1 N–H and O–H groups in total. The molecule has 2 atom stereocenters. The van der Waals surface area contributed by atoms with E-state index in [4.69, 9.17) is 4.74 Å². The summed E-state index contributed by atoms with van der Waals surface area (Å²) in [6, 6.07) is 6.27. The van der Waals surface area contributed by atoms with Crippen LogP contribution in [-0.2, 0) is 14.8 Å². The van der Waals surface area contributed by atoms with Crippen molar-refractivity contribution in [3.8, 4) is 0 Å². The van der Waals surface area contributed by atoms with Crippen LogP contribution in [0.1, 0.15) is 37.0 Å². The van der Waals surface area contributed by atoms with Gasteiger partial charge in [0.25, 0.3) is 5.91 Å². The van der Waals surface area contributed by atoms with Gasteiger partial charge in [-0.15, -0.1) is 0 Å². The number of sulfonamides is 1. The first-order chi connectivity index (χ1) is 10.9. The van der Waals surface area contributed by atoms with Crippen molar-refractivity contribution in [2.45, 2.75) is 49.8 Å². The van der Waals surface area contributed by atoms with E-state index in [1.54, 1.807) is 17.0 Å². The van der Waals surface area contributed by atoms with Crippen molar-refractivity contribution in [1.29, 1.82) is 0 Å². The van der Waals surface area contributed by atoms with Gasteiger partial charge in [0, 0.05) is 18.2 Å². The number of benzene rings is 1. The minimum Gasteiger partial charge on any atom is -0.375 e. The number of amides is 1. The Balaban J connectivity index is 1.82. The number of hydrogen-bond acceptors (Lipinski definition) is 4. The smallest absolute Gasteiger partial charge is 0.254 e. The molecule has 2 fully saturated rings. The van der Waals surface area contributed by atoms with E-state index in [0.29, 0.717) is 18.7 Å². The minimum absolute atomic E-state index is 0.0152. The third kappa shape index (κ3) is 3.73. The van der Waals surface area contributed by atoms with Crippen molar-refractivity contribution >= 4 is 15.9 Å². The van der Waals surface area contributed by atoms with Gasteiger partial charge in [-0.05, 0) is 44.9 Å². The molecule has 0 spiro atoms. The third-order valence-electron chi connectivity index (χ3n) is 4.16. The Morgan fingerprint density at radius 3 is 2.74 bits per heavy atom. The summed E-state index contributed by atoms with van der Waals surface area (Å²) in [6.07, 6.45) is 1.74. The second-order valence-corrected chi connectivity index (χ2v) is 8.09. The van der Waals surface area contributed by atoms with E-state index in [2.05, 4.69) is 4.72 Å². The summed E-state index contributed by atoms with van der Waals surface area (Å²) in [6.45, 7) is 4.86. The zero-order chi connectivity index (χ0) is 16.6. The lowest BCUT2D eigenvalue weighted by Crippen LogP contribution is -2.50. The number of nitrogens with zero attached hydrogens (tertiary/aromatic N) is 1. The van der Waals surface area contributed by atoms with E-state index in [0.717, 1.165) is 12.8 Å². The second-order valence-electron chi connectivity index (χ2n) is 6.37. The summed E-state index contributed by atoms with van der Waals surface area (Å²) in [5.74, 6) is -0.156. The van der Waals surface area contributed by atoms with Gasteiger partial charge in [0.1, 0.15) is 0 Å². The average molecular weight is 338 g/mol. The van der Waals surface area contributed by atoms with Gasteiger partial charge in [-0.25, -0.2) is 13.1 Å². The summed E-state index contributed by atoms with van der Waals surface area (Å²) in [5, 5.41) is 0. The average Bonchev–Trinajstić information content (AvgIpc) is 3.32. The lowest BCUT2D eigenvalue weighted by atomic mass is 10.1. The molecule has 2 aliphatic rings. The Labute approximate surface area is 136 Å². The van der Waals surface area contributed by atoms with Crippen LogP contribution < -0.4 is 4.72 Å². The number of nitrogens with one attached hydrogen (secondary N) is 1. The summed E-state index contributed by atoms with van der Waals surface area (Å²) in [4.78, 5) is 14.6. The summed E-state index contributed by atoms with van der Waals surface area (Å²) >= 11 is 0. The van der Waals surface area contributed by atoms with Gasteiger partial charge in [0.15, 0.2) is 0 Å². The number of ether oxygens (including phenoxy) is 1. The Bertz CT molecular complexity index is 700. The van der Waals surface area contributed by atoms with E-state index in [-0.39, 0.29) is 29.0 Å². The van der Waals surface area contributed by atoms with Crippen LogP contribution in [0.15, 0.2) is 29.2 Å². The van der Waals surface area contributed by atoms with Crippen molar-refractivity contribution in [3.05, 3.63) is 29.8 Å². The lowest BCUT2D eigenvalue weighted by Gasteiger charge is -2.36. The zero-order valence-electron chi connectivity index (χ0n) is 13.4. The SMILES string of the molecule is CC1CN(C(=O)c2cccc(S(=O)(=O)NC3CC3)c2)C(C)CO1. The molecule has 1 aliphatic heterocycles. The molecule has 0 bridgehead atoms. The molecule has 3 rings (SSSR count). The Hall–Kier alpha value is -1.44. The molecule has 0 aromatic heterocycles. The highest BCUT2D eigenvalue weighted by molar-refractivity contribution is 7.89. The minimum atomic E-state index is -3.55. The number of carbonyl (C=O) groups excluding carboxylic acids is 1. The summed E-state index contributed by atoms with van der Waals surface area (Å²) in [5.41, 5.74) is 0.393. The molecule has 7 heteroatoms. The Kier molecular flexibility index (Phi) is 4.44. The molecule has 23 heavy (non-hydrogen) atoms. The molecule has 1 aliphatic carbocycles. The second kappa shape index (κ2) is 6.22. The van der Waals surface area contributed by atoms with Crippen LogP contribution in [0.4, 0.5) is 0 Å². The maximum absolute atomic E-state index is 12.7. The first kappa shape index (κ1) is 16.4. The summed E-state index contributed by atoms with van der Waals surface area (Å²) < 4.78 is 32.8. The fourth-order valence-electron chi connectivity index (χ4n) is 2.64. The van der Waals surface area contributed by atoms with Gasteiger partial charge in [0.2, 0.25) is 10.0 Å². The lowest BCUT2D eigenvalue weighted by molar-refractivity contribution is -0.0387. The van der Waals surface area contributed by atoms with Crippen LogP contribution >= 0.6 is 0 Å². The highest BCUT2D eigenvalue weighted by Gasteiger charge is 2.30. The predicted molar refractivity (Wildman–Crippen MR) is 85.7 cm³/mol. The van der Waals surface area contributed by atoms with Gasteiger partial charge in [-0.2, -0.15) is 0 Å².